The molecule has 1 fully saturated rings. The molecule has 1 aromatic rings. The fourth-order valence-corrected chi connectivity index (χ4v) is 1.99. The molecule has 82 valence electrons. The molecule has 2 rings (SSSR count). The van der Waals surface area contributed by atoms with Crippen LogP contribution < -0.4 is 16.4 Å². The van der Waals surface area contributed by atoms with E-state index in [2.05, 4.69) is 14.9 Å². The van der Waals surface area contributed by atoms with Gasteiger partial charge in [-0.05, 0) is 12.8 Å². The molecule has 15 heavy (non-hydrogen) atoms. The standard InChI is InChI=1S/C9H14ClN5/c10-7-4-8(14-9(12)13-7)15-3-1-2-6(11)5-15/h4,6H,1-3,5,11H2,(H2,12,13,14). The molecule has 1 aromatic heterocycles. The van der Waals surface area contributed by atoms with Gasteiger partial charge in [0.15, 0.2) is 0 Å². The molecule has 0 saturated carbocycles. The molecule has 1 atom stereocenters. The van der Waals surface area contributed by atoms with Crippen LogP contribution in [0.15, 0.2) is 6.07 Å². The van der Waals surface area contributed by atoms with E-state index in [0.717, 1.165) is 31.7 Å². The van der Waals surface area contributed by atoms with E-state index in [0.29, 0.717) is 5.15 Å². The Balaban J connectivity index is 2.20. The lowest BCUT2D eigenvalue weighted by molar-refractivity contribution is 0.503. The van der Waals surface area contributed by atoms with Crippen molar-refractivity contribution in [1.82, 2.24) is 9.97 Å². The number of nitrogens with zero attached hydrogens (tertiary/aromatic N) is 3. The number of anilines is 2. The Bertz CT molecular complexity index is 336. The van der Waals surface area contributed by atoms with Crippen LogP contribution in [-0.4, -0.2) is 29.1 Å². The topological polar surface area (TPSA) is 81.1 Å². The molecule has 1 saturated heterocycles. The Hall–Kier alpha value is -1.07. The molecule has 0 amide bonds. The van der Waals surface area contributed by atoms with E-state index in [1.54, 1.807) is 6.07 Å². The molecule has 0 aliphatic carbocycles. The molecule has 1 unspecified atom stereocenters. The molecule has 0 spiro atoms. The first-order valence-electron chi connectivity index (χ1n) is 4.96. The summed E-state index contributed by atoms with van der Waals surface area (Å²) in [7, 11) is 0. The predicted octanol–water partition coefficient (Wildman–Crippen LogP) is 0.640. The van der Waals surface area contributed by atoms with Crippen molar-refractivity contribution in [2.75, 3.05) is 23.7 Å². The molecule has 1 aliphatic heterocycles. The SMILES string of the molecule is Nc1nc(Cl)cc(N2CCCC(N)C2)n1. The number of nitrogen functional groups attached to an aromatic ring is 1. The van der Waals surface area contributed by atoms with Crippen LogP contribution in [0.3, 0.4) is 0 Å². The summed E-state index contributed by atoms with van der Waals surface area (Å²) in [5.74, 6) is 0.972. The maximum Gasteiger partial charge on any atom is 0.223 e. The summed E-state index contributed by atoms with van der Waals surface area (Å²) in [4.78, 5) is 10.1. The highest BCUT2D eigenvalue weighted by Crippen LogP contribution is 2.20. The molecule has 0 aromatic carbocycles. The quantitative estimate of drug-likeness (QED) is 0.689. The Morgan fingerprint density at radius 2 is 2.27 bits per heavy atom. The van der Waals surface area contributed by atoms with Crippen molar-refractivity contribution in [2.45, 2.75) is 18.9 Å². The molecule has 0 bridgehead atoms. The Labute approximate surface area is 93.4 Å². The minimum absolute atomic E-state index is 0.203. The van der Waals surface area contributed by atoms with E-state index in [1.807, 2.05) is 0 Å². The minimum Gasteiger partial charge on any atom is -0.368 e. The summed E-state index contributed by atoms with van der Waals surface area (Å²) >= 11 is 5.82. The molecule has 5 nitrogen and oxygen atoms in total. The van der Waals surface area contributed by atoms with Gasteiger partial charge in [0.1, 0.15) is 11.0 Å². The smallest absolute Gasteiger partial charge is 0.223 e. The number of rotatable bonds is 1. The van der Waals surface area contributed by atoms with Gasteiger partial charge in [0, 0.05) is 25.2 Å². The molecular formula is C9H14ClN5. The second-order valence-electron chi connectivity index (χ2n) is 3.76. The van der Waals surface area contributed by atoms with Gasteiger partial charge in [-0.15, -0.1) is 0 Å². The second kappa shape index (κ2) is 4.20. The van der Waals surface area contributed by atoms with Crippen LogP contribution in [-0.2, 0) is 0 Å². The number of halogens is 1. The lowest BCUT2D eigenvalue weighted by Gasteiger charge is -2.31. The molecule has 1 aliphatic rings. The van der Waals surface area contributed by atoms with Crippen molar-refractivity contribution in [3.8, 4) is 0 Å². The Morgan fingerprint density at radius 1 is 1.47 bits per heavy atom. The van der Waals surface area contributed by atoms with Crippen LogP contribution in [0.4, 0.5) is 11.8 Å². The normalized spacial score (nSPS) is 21.7. The van der Waals surface area contributed by atoms with Crippen LogP contribution in [0.5, 0.6) is 0 Å². The highest BCUT2D eigenvalue weighted by Gasteiger charge is 2.18. The van der Waals surface area contributed by atoms with Gasteiger partial charge in [0.2, 0.25) is 5.95 Å². The van der Waals surface area contributed by atoms with E-state index in [-0.39, 0.29) is 12.0 Å². The highest BCUT2D eigenvalue weighted by atomic mass is 35.5. The van der Waals surface area contributed by atoms with Crippen molar-refractivity contribution in [1.29, 1.82) is 0 Å². The predicted molar refractivity (Wildman–Crippen MR) is 60.9 cm³/mol. The number of piperidine rings is 1. The summed E-state index contributed by atoms with van der Waals surface area (Å²) in [5, 5.41) is 0.372. The molecule has 2 heterocycles. The van der Waals surface area contributed by atoms with Crippen LogP contribution >= 0.6 is 11.6 Å². The average Bonchev–Trinajstić information content (AvgIpc) is 2.16. The largest absolute Gasteiger partial charge is 0.368 e. The third-order valence-corrected chi connectivity index (χ3v) is 2.67. The maximum atomic E-state index is 5.89. The van der Waals surface area contributed by atoms with Gasteiger partial charge in [0.25, 0.3) is 0 Å². The second-order valence-corrected chi connectivity index (χ2v) is 4.14. The average molecular weight is 228 g/mol. The van der Waals surface area contributed by atoms with E-state index < -0.39 is 0 Å². The number of aromatic nitrogens is 2. The van der Waals surface area contributed by atoms with Crippen LogP contribution in [0.25, 0.3) is 0 Å². The van der Waals surface area contributed by atoms with Crippen molar-refractivity contribution < 1.29 is 0 Å². The highest BCUT2D eigenvalue weighted by molar-refractivity contribution is 6.29. The zero-order chi connectivity index (χ0) is 10.8. The van der Waals surface area contributed by atoms with Gasteiger partial charge >= 0.3 is 0 Å². The maximum absolute atomic E-state index is 5.89. The number of nitrogens with two attached hydrogens (primary N) is 2. The van der Waals surface area contributed by atoms with Crippen molar-refractivity contribution in [3.63, 3.8) is 0 Å². The van der Waals surface area contributed by atoms with Crippen LogP contribution in [0, 0.1) is 0 Å². The first kappa shape index (κ1) is 10.4. The van der Waals surface area contributed by atoms with Crippen LogP contribution in [0.2, 0.25) is 5.15 Å². The zero-order valence-corrected chi connectivity index (χ0v) is 9.11. The van der Waals surface area contributed by atoms with Gasteiger partial charge in [0.05, 0.1) is 0 Å². The van der Waals surface area contributed by atoms with Crippen molar-refractivity contribution >= 4 is 23.4 Å². The number of hydrogen-bond acceptors (Lipinski definition) is 5. The fourth-order valence-electron chi connectivity index (χ4n) is 1.80. The first-order valence-corrected chi connectivity index (χ1v) is 5.33. The summed E-state index contributed by atoms with van der Waals surface area (Å²) in [6, 6.07) is 1.92. The Kier molecular flexibility index (Phi) is 2.93. The molecular weight excluding hydrogens is 214 g/mol. The van der Waals surface area contributed by atoms with E-state index in [4.69, 9.17) is 23.1 Å². The monoisotopic (exact) mass is 227 g/mol. The first-order chi connectivity index (χ1) is 7.15. The minimum atomic E-state index is 0.203. The van der Waals surface area contributed by atoms with Gasteiger partial charge in [-0.2, -0.15) is 4.98 Å². The summed E-state index contributed by atoms with van der Waals surface area (Å²) in [6.45, 7) is 1.74. The summed E-state index contributed by atoms with van der Waals surface area (Å²) in [5.41, 5.74) is 11.4. The molecule has 4 N–H and O–H groups in total. The van der Waals surface area contributed by atoms with E-state index in [1.165, 1.54) is 0 Å². The van der Waals surface area contributed by atoms with Crippen LogP contribution in [0.1, 0.15) is 12.8 Å². The lowest BCUT2D eigenvalue weighted by atomic mass is 10.1. The molecule has 6 heteroatoms. The van der Waals surface area contributed by atoms with Gasteiger partial charge < -0.3 is 16.4 Å². The third-order valence-electron chi connectivity index (χ3n) is 2.48. The van der Waals surface area contributed by atoms with Crippen molar-refractivity contribution in [3.05, 3.63) is 11.2 Å². The third kappa shape index (κ3) is 2.49. The van der Waals surface area contributed by atoms with Crippen molar-refractivity contribution in [2.24, 2.45) is 5.73 Å². The van der Waals surface area contributed by atoms with Gasteiger partial charge in [-0.25, -0.2) is 4.98 Å². The fraction of sp³-hybridized carbons (Fsp3) is 0.556. The molecule has 0 radical (unpaired) electrons. The summed E-state index contributed by atoms with van der Waals surface area (Å²) in [6.07, 6.45) is 2.13. The lowest BCUT2D eigenvalue weighted by Crippen LogP contribution is -2.43. The Morgan fingerprint density at radius 3 is 2.93 bits per heavy atom. The van der Waals surface area contributed by atoms with E-state index in [9.17, 15) is 0 Å². The summed E-state index contributed by atoms with van der Waals surface area (Å²) < 4.78 is 0. The van der Waals surface area contributed by atoms with Gasteiger partial charge in [-0.1, -0.05) is 11.6 Å². The van der Waals surface area contributed by atoms with E-state index >= 15 is 0 Å². The zero-order valence-electron chi connectivity index (χ0n) is 8.36. The van der Waals surface area contributed by atoms with Gasteiger partial charge in [-0.3, -0.25) is 0 Å². The number of hydrogen-bond donors (Lipinski definition) is 2.